The molecular formula is C9H16FN. The molecule has 2 heteroatoms. The number of rotatable bonds is 2. The molecule has 0 bridgehead atoms. The average Bonchev–Trinajstić information content (AvgIpc) is 2.34. The molecule has 1 aliphatic rings. The third-order valence-corrected chi connectivity index (χ3v) is 2.22. The summed E-state index contributed by atoms with van der Waals surface area (Å²) in [4.78, 5) is 0. The molecular weight excluding hydrogens is 141 g/mol. The Morgan fingerprint density at radius 1 is 1.64 bits per heavy atom. The highest BCUT2D eigenvalue weighted by atomic mass is 19.1. The van der Waals surface area contributed by atoms with E-state index in [1.54, 1.807) is 0 Å². The van der Waals surface area contributed by atoms with Crippen LogP contribution in [-0.4, -0.2) is 11.7 Å². The van der Waals surface area contributed by atoms with Gasteiger partial charge in [0.25, 0.3) is 0 Å². The second kappa shape index (κ2) is 2.94. The van der Waals surface area contributed by atoms with E-state index in [-0.39, 0.29) is 0 Å². The lowest BCUT2D eigenvalue weighted by Crippen LogP contribution is -2.40. The van der Waals surface area contributed by atoms with E-state index in [1.165, 1.54) is 13.8 Å². The van der Waals surface area contributed by atoms with Gasteiger partial charge >= 0.3 is 0 Å². The lowest BCUT2D eigenvalue weighted by Gasteiger charge is -2.24. The molecule has 1 unspecified atom stereocenters. The Balaban J connectivity index is 2.60. The summed E-state index contributed by atoms with van der Waals surface area (Å²) in [5.41, 5.74) is 5.54. The molecule has 0 saturated heterocycles. The third-order valence-electron chi connectivity index (χ3n) is 2.22. The largest absolute Gasteiger partial charge is 0.322 e. The standard InChI is InChI=1S/C9H16FN/c1-9(2,10)8(11)7-5-3-4-6-7/h5,8H,3-4,6,11H2,1-2H3. The van der Waals surface area contributed by atoms with Crippen LogP contribution in [0.1, 0.15) is 33.1 Å². The summed E-state index contributed by atoms with van der Waals surface area (Å²) in [5, 5.41) is 0. The van der Waals surface area contributed by atoms with Crippen LogP contribution in [0.25, 0.3) is 0 Å². The van der Waals surface area contributed by atoms with Gasteiger partial charge in [0.1, 0.15) is 5.67 Å². The summed E-state index contributed by atoms with van der Waals surface area (Å²) in [5.74, 6) is 0. The minimum absolute atomic E-state index is 0.398. The number of halogens is 1. The summed E-state index contributed by atoms with van der Waals surface area (Å²) in [6.45, 7) is 3.08. The Morgan fingerprint density at radius 2 is 2.27 bits per heavy atom. The number of hydrogen-bond acceptors (Lipinski definition) is 1. The highest BCUT2D eigenvalue weighted by molar-refractivity contribution is 5.18. The summed E-state index contributed by atoms with van der Waals surface area (Å²) >= 11 is 0. The van der Waals surface area contributed by atoms with Crippen LogP contribution in [-0.2, 0) is 0 Å². The molecule has 11 heavy (non-hydrogen) atoms. The zero-order valence-corrected chi connectivity index (χ0v) is 7.23. The van der Waals surface area contributed by atoms with Crippen LogP contribution in [0.2, 0.25) is 0 Å². The van der Waals surface area contributed by atoms with Crippen LogP contribution in [0.4, 0.5) is 4.39 Å². The third kappa shape index (κ3) is 2.03. The molecule has 0 heterocycles. The number of allylic oxidation sites excluding steroid dienone is 1. The molecule has 0 aromatic heterocycles. The van der Waals surface area contributed by atoms with Gasteiger partial charge in [-0.25, -0.2) is 4.39 Å². The monoisotopic (exact) mass is 157 g/mol. The first kappa shape index (κ1) is 8.72. The smallest absolute Gasteiger partial charge is 0.124 e. The van der Waals surface area contributed by atoms with Crippen LogP contribution in [0.15, 0.2) is 11.6 Å². The fraction of sp³-hybridized carbons (Fsp3) is 0.778. The number of alkyl halides is 1. The van der Waals surface area contributed by atoms with Crippen LogP contribution in [0.3, 0.4) is 0 Å². The highest BCUT2D eigenvalue weighted by Crippen LogP contribution is 2.27. The van der Waals surface area contributed by atoms with Gasteiger partial charge < -0.3 is 5.73 Å². The summed E-state index contributed by atoms with van der Waals surface area (Å²) < 4.78 is 13.3. The zero-order chi connectivity index (χ0) is 8.48. The Hall–Kier alpha value is -0.370. The van der Waals surface area contributed by atoms with Gasteiger partial charge in [-0.15, -0.1) is 0 Å². The predicted molar refractivity (Wildman–Crippen MR) is 45.1 cm³/mol. The summed E-state index contributed by atoms with van der Waals surface area (Å²) in [6.07, 6.45) is 5.26. The summed E-state index contributed by atoms with van der Waals surface area (Å²) in [6, 6.07) is -0.398. The van der Waals surface area contributed by atoms with Crippen molar-refractivity contribution in [2.75, 3.05) is 0 Å². The lowest BCUT2D eigenvalue weighted by atomic mass is 9.94. The van der Waals surface area contributed by atoms with Crippen molar-refractivity contribution in [3.8, 4) is 0 Å². The Kier molecular flexibility index (Phi) is 2.33. The fourth-order valence-electron chi connectivity index (χ4n) is 1.42. The Labute approximate surface area is 67.5 Å². The van der Waals surface area contributed by atoms with E-state index in [0.29, 0.717) is 0 Å². The van der Waals surface area contributed by atoms with Crippen LogP contribution >= 0.6 is 0 Å². The molecule has 0 saturated carbocycles. The van der Waals surface area contributed by atoms with E-state index in [1.807, 2.05) is 0 Å². The maximum atomic E-state index is 13.3. The minimum atomic E-state index is -1.27. The Morgan fingerprint density at radius 3 is 2.64 bits per heavy atom. The van der Waals surface area contributed by atoms with Gasteiger partial charge in [0.15, 0.2) is 0 Å². The first-order valence-electron chi connectivity index (χ1n) is 4.15. The van der Waals surface area contributed by atoms with Gasteiger partial charge in [-0.2, -0.15) is 0 Å². The van der Waals surface area contributed by atoms with Crippen LogP contribution in [0, 0.1) is 0 Å². The average molecular weight is 157 g/mol. The van der Waals surface area contributed by atoms with E-state index in [9.17, 15) is 4.39 Å². The molecule has 2 N–H and O–H groups in total. The van der Waals surface area contributed by atoms with Crippen molar-refractivity contribution < 1.29 is 4.39 Å². The lowest BCUT2D eigenvalue weighted by molar-refractivity contribution is 0.189. The van der Waals surface area contributed by atoms with Crippen molar-refractivity contribution in [1.29, 1.82) is 0 Å². The molecule has 0 amide bonds. The normalized spacial score (nSPS) is 21.6. The van der Waals surface area contributed by atoms with Crippen molar-refractivity contribution in [3.63, 3.8) is 0 Å². The summed E-state index contributed by atoms with van der Waals surface area (Å²) in [7, 11) is 0. The van der Waals surface area contributed by atoms with Gasteiger partial charge in [0, 0.05) is 0 Å². The van der Waals surface area contributed by atoms with E-state index in [4.69, 9.17) is 5.73 Å². The predicted octanol–water partition coefficient (Wildman–Crippen LogP) is 2.17. The first-order chi connectivity index (χ1) is 5.02. The van der Waals surface area contributed by atoms with E-state index < -0.39 is 11.7 Å². The molecule has 1 rings (SSSR count). The molecule has 1 aliphatic carbocycles. The maximum Gasteiger partial charge on any atom is 0.124 e. The van der Waals surface area contributed by atoms with Crippen molar-refractivity contribution in [1.82, 2.24) is 0 Å². The van der Waals surface area contributed by atoms with Crippen molar-refractivity contribution in [3.05, 3.63) is 11.6 Å². The molecule has 1 atom stereocenters. The number of nitrogens with two attached hydrogens (primary N) is 1. The molecule has 0 spiro atoms. The molecule has 0 radical (unpaired) electrons. The second-order valence-electron chi connectivity index (χ2n) is 3.71. The highest BCUT2D eigenvalue weighted by Gasteiger charge is 2.29. The first-order valence-corrected chi connectivity index (χ1v) is 4.15. The Bertz CT molecular complexity index is 167. The van der Waals surface area contributed by atoms with Gasteiger partial charge in [-0.1, -0.05) is 11.6 Å². The van der Waals surface area contributed by atoms with Crippen LogP contribution in [0.5, 0.6) is 0 Å². The zero-order valence-electron chi connectivity index (χ0n) is 7.23. The topological polar surface area (TPSA) is 26.0 Å². The van der Waals surface area contributed by atoms with Crippen molar-refractivity contribution in [2.24, 2.45) is 5.73 Å². The second-order valence-corrected chi connectivity index (χ2v) is 3.71. The quantitative estimate of drug-likeness (QED) is 0.611. The molecule has 0 fully saturated rings. The van der Waals surface area contributed by atoms with Gasteiger partial charge in [-0.05, 0) is 33.1 Å². The number of hydrogen-bond donors (Lipinski definition) is 1. The van der Waals surface area contributed by atoms with Crippen LogP contribution < -0.4 is 5.73 Å². The molecule has 0 aliphatic heterocycles. The van der Waals surface area contributed by atoms with Gasteiger partial charge in [-0.3, -0.25) is 0 Å². The molecule has 0 aromatic rings. The molecule has 64 valence electrons. The van der Waals surface area contributed by atoms with Gasteiger partial charge in [0.2, 0.25) is 0 Å². The fourth-order valence-corrected chi connectivity index (χ4v) is 1.42. The van der Waals surface area contributed by atoms with Gasteiger partial charge in [0.05, 0.1) is 6.04 Å². The minimum Gasteiger partial charge on any atom is -0.322 e. The van der Waals surface area contributed by atoms with Crippen molar-refractivity contribution in [2.45, 2.75) is 44.8 Å². The molecule has 0 aromatic carbocycles. The van der Waals surface area contributed by atoms with E-state index >= 15 is 0 Å². The van der Waals surface area contributed by atoms with Crippen molar-refractivity contribution >= 4 is 0 Å². The van der Waals surface area contributed by atoms with E-state index in [2.05, 4.69) is 6.08 Å². The molecule has 1 nitrogen and oxygen atoms in total. The SMILES string of the molecule is CC(C)(F)C(N)C1=CCCC1. The maximum absolute atomic E-state index is 13.3. The van der Waals surface area contributed by atoms with E-state index in [0.717, 1.165) is 24.8 Å².